The molecule has 0 spiro atoms. The van der Waals surface area contributed by atoms with E-state index in [4.69, 9.17) is 9.72 Å². The summed E-state index contributed by atoms with van der Waals surface area (Å²) in [6.45, 7) is 10.7. The number of thiazole rings is 1. The maximum atomic E-state index is 5.93. The van der Waals surface area contributed by atoms with Gasteiger partial charge in [0.15, 0.2) is 0 Å². The lowest BCUT2D eigenvalue weighted by Crippen LogP contribution is -2.49. The highest BCUT2D eigenvalue weighted by Crippen LogP contribution is 2.38. The molecule has 114 valence electrons. The Morgan fingerprint density at radius 3 is 2.90 bits per heavy atom. The molecule has 0 bridgehead atoms. The second-order valence-electron chi connectivity index (χ2n) is 6.08. The first-order chi connectivity index (χ1) is 9.61. The highest BCUT2D eigenvalue weighted by Gasteiger charge is 2.40. The summed E-state index contributed by atoms with van der Waals surface area (Å²) in [5.74, 6) is 0.505. The minimum Gasteiger partial charge on any atom is -0.378 e. The van der Waals surface area contributed by atoms with Crippen LogP contribution in [0, 0.1) is 0 Å². The predicted octanol–water partition coefficient (Wildman–Crippen LogP) is 4.05. The van der Waals surface area contributed by atoms with E-state index in [1.165, 1.54) is 17.1 Å². The molecule has 2 rings (SSSR count). The van der Waals surface area contributed by atoms with Crippen molar-refractivity contribution in [2.75, 3.05) is 13.2 Å². The maximum Gasteiger partial charge on any atom is 0.113 e. The largest absolute Gasteiger partial charge is 0.378 e. The Labute approximate surface area is 127 Å². The van der Waals surface area contributed by atoms with E-state index in [0.717, 1.165) is 32.4 Å². The third-order valence-corrected chi connectivity index (χ3v) is 5.17. The molecule has 1 saturated heterocycles. The van der Waals surface area contributed by atoms with Crippen LogP contribution in [0.25, 0.3) is 0 Å². The van der Waals surface area contributed by atoms with Gasteiger partial charge in [-0.1, -0.05) is 34.1 Å². The average Bonchev–Trinajstić information content (AvgIpc) is 2.90. The Bertz CT molecular complexity index is 412. The first kappa shape index (κ1) is 15.9. The normalized spacial score (nSPS) is 27.1. The molecular weight excluding hydrogens is 268 g/mol. The summed E-state index contributed by atoms with van der Waals surface area (Å²) in [6.07, 6.45) is 4.79. The highest BCUT2D eigenvalue weighted by molar-refractivity contribution is 7.09. The van der Waals surface area contributed by atoms with Gasteiger partial charge in [0.1, 0.15) is 5.01 Å². The monoisotopic (exact) mass is 296 g/mol. The topological polar surface area (TPSA) is 34.2 Å². The van der Waals surface area contributed by atoms with Gasteiger partial charge in [-0.05, 0) is 31.7 Å². The van der Waals surface area contributed by atoms with Crippen molar-refractivity contribution in [3.8, 4) is 0 Å². The van der Waals surface area contributed by atoms with E-state index < -0.39 is 0 Å². The van der Waals surface area contributed by atoms with E-state index in [1.807, 2.05) is 11.3 Å². The van der Waals surface area contributed by atoms with E-state index in [0.29, 0.717) is 12.0 Å². The van der Waals surface area contributed by atoms with Crippen LogP contribution in [0.15, 0.2) is 5.38 Å². The molecule has 1 aromatic rings. The third kappa shape index (κ3) is 3.41. The maximum absolute atomic E-state index is 5.93. The average molecular weight is 296 g/mol. The van der Waals surface area contributed by atoms with Gasteiger partial charge in [-0.25, -0.2) is 4.98 Å². The molecule has 1 fully saturated rings. The number of rotatable bonds is 6. The van der Waals surface area contributed by atoms with E-state index >= 15 is 0 Å². The molecule has 0 amide bonds. The highest BCUT2D eigenvalue weighted by atomic mass is 32.1. The van der Waals surface area contributed by atoms with Gasteiger partial charge in [-0.2, -0.15) is 0 Å². The van der Waals surface area contributed by atoms with Crippen molar-refractivity contribution in [1.29, 1.82) is 0 Å². The van der Waals surface area contributed by atoms with E-state index in [2.05, 4.69) is 38.4 Å². The molecule has 0 aromatic carbocycles. The molecule has 1 aliphatic rings. The van der Waals surface area contributed by atoms with Crippen molar-refractivity contribution < 1.29 is 4.74 Å². The Morgan fingerprint density at radius 1 is 1.50 bits per heavy atom. The molecule has 2 heterocycles. The zero-order valence-corrected chi connectivity index (χ0v) is 14.1. The second-order valence-corrected chi connectivity index (χ2v) is 6.94. The molecule has 2 unspecified atom stereocenters. The van der Waals surface area contributed by atoms with Gasteiger partial charge in [-0.3, -0.25) is 0 Å². The first-order valence-corrected chi connectivity index (χ1v) is 8.81. The molecule has 20 heavy (non-hydrogen) atoms. The summed E-state index contributed by atoms with van der Waals surface area (Å²) >= 11 is 1.81. The lowest BCUT2D eigenvalue weighted by atomic mass is 9.85. The Hall–Kier alpha value is -0.450. The van der Waals surface area contributed by atoms with Gasteiger partial charge in [0, 0.05) is 12.0 Å². The van der Waals surface area contributed by atoms with E-state index in [1.54, 1.807) is 0 Å². The van der Waals surface area contributed by atoms with Crippen LogP contribution >= 0.6 is 11.3 Å². The molecular formula is C16H28N2OS. The van der Waals surface area contributed by atoms with Gasteiger partial charge in [0.2, 0.25) is 0 Å². The van der Waals surface area contributed by atoms with Crippen LogP contribution in [0.3, 0.4) is 0 Å². The zero-order valence-electron chi connectivity index (χ0n) is 13.2. The fraction of sp³-hybridized carbons (Fsp3) is 0.812. The Kier molecular flexibility index (Phi) is 5.58. The summed E-state index contributed by atoms with van der Waals surface area (Å²) in [6, 6.07) is 0. The molecule has 1 aromatic heterocycles. The molecule has 1 N–H and O–H groups in total. The van der Waals surface area contributed by atoms with Gasteiger partial charge >= 0.3 is 0 Å². The van der Waals surface area contributed by atoms with Crippen LogP contribution in [0.2, 0.25) is 0 Å². The van der Waals surface area contributed by atoms with Crippen molar-refractivity contribution >= 4 is 11.3 Å². The summed E-state index contributed by atoms with van der Waals surface area (Å²) in [4.78, 5) is 4.92. The lowest BCUT2D eigenvalue weighted by Gasteiger charge is -2.40. The SMILES string of the molecule is CCCC1CC(NCC)(c2nc(C(C)C)cs2)CCO1. The van der Waals surface area contributed by atoms with Gasteiger partial charge in [0.25, 0.3) is 0 Å². The summed E-state index contributed by atoms with van der Waals surface area (Å²) in [5, 5.41) is 7.21. The quantitative estimate of drug-likeness (QED) is 0.860. The fourth-order valence-electron chi connectivity index (χ4n) is 3.00. The van der Waals surface area contributed by atoms with Crippen molar-refractivity contribution in [3.05, 3.63) is 16.1 Å². The molecule has 0 radical (unpaired) electrons. The Balaban J connectivity index is 2.23. The van der Waals surface area contributed by atoms with Crippen LogP contribution in [0.1, 0.15) is 70.0 Å². The number of hydrogen-bond acceptors (Lipinski definition) is 4. The van der Waals surface area contributed by atoms with Gasteiger partial charge < -0.3 is 10.1 Å². The van der Waals surface area contributed by atoms with E-state index in [-0.39, 0.29) is 5.54 Å². The van der Waals surface area contributed by atoms with Crippen LogP contribution < -0.4 is 5.32 Å². The van der Waals surface area contributed by atoms with Gasteiger partial charge in [-0.15, -0.1) is 11.3 Å². The Morgan fingerprint density at radius 2 is 2.30 bits per heavy atom. The fourth-order valence-corrected chi connectivity index (χ4v) is 4.20. The minimum absolute atomic E-state index is 0.0324. The van der Waals surface area contributed by atoms with Crippen molar-refractivity contribution in [3.63, 3.8) is 0 Å². The summed E-state index contributed by atoms with van der Waals surface area (Å²) in [5.41, 5.74) is 1.26. The van der Waals surface area contributed by atoms with Crippen molar-refractivity contribution in [2.45, 2.75) is 70.9 Å². The molecule has 0 saturated carbocycles. The number of nitrogens with one attached hydrogen (secondary N) is 1. The van der Waals surface area contributed by atoms with Crippen LogP contribution in [-0.2, 0) is 10.3 Å². The van der Waals surface area contributed by atoms with Crippen molar-refractivity contribution in [1.82, 2.24) is 10.3 Å². The van der Waals surface area contributed by atoms with E-state index in [9.17, 15) is 0 Å². The third-order valence-electron chi connectivity index (χ3n) is 4.11. The molecule has 3 nitrogen and oxygen atoms in total. The predicted molar refractivity (Wildman–Crippen MR) is 85.4 cm³/mol. The lowest BCUT2D eigenvalue weighted by molar-refractivity contribution is -0.0345. The number of nitrogens with zero attached hydrogens (tertiary/aromatic N) is 1. The molecule has 1 aliphatic heterocycles. The van der Waals surface area contributed by atoms with Crippen LogP contribution in [0.4, 0.5) is 0 Å². The minimum atomic E-state index is 0.0324. The molecule has 0 aliphatic carbocycles. The summed E-state index contributed by atoms with van der Waals surface area (Å²) in [7, 11) is 0. The van der Waals surface area contributed by atoms with Crippen LogP contribution in [0.5, 0.6) is 0 Å². The molecule has 4 heteroatoms. The van der Waals surface area contributed by atoms with Crippen LogP contribution in [-0.4, -0.2) is 24.2 Å². The standard InChI is InChI=1S/C16H28N2OS/c1-5-7-13-10-16(17-6-2,8-9-19-13)15-18-14(11-20-15)12(3)4/h11-13,17H,5-10H2,1-4H3. The van der Waals surface area contributed by atoms with Crippen molar-refractivity contribution in [2.24, 2.45) is 0 Å². The number of aromatic nitrogens is 1. The smallest absolute Gasteiger partial charge is 0.113 e. The molecule has 2 atom stereocenters. The summed E-state index contributed by atoms with van der Waals surface area (Å²) < 4.78 is 5.93. The second kappa shape index (κ2) is 7.01. The zero-order chi connectivity index (χ0) is 14.6. The number of ether oxygens (including phenoxy) is 1. The number of hydrogen-bond donors (Lipinski definition) is 1. The van der Waals surface area contributed by atoms with Gasteiger partial charge in [0.05, 0.1) is 17.3 Å². The first-order valence-electron chi connectivity index (χ1n) is 7.93.